The number of halogens is 3. The third-order valence-electron chi connectivity index (χ3n) is 2.41. The molecule has 2 rings (SSSR count). The molecule has 1 atom stereocenters. The topological polar surface area (TPSA) is 39.2 Å². The minimum absolute atomic E-state index is 0.322. The van der Waals surface area contributed by atoms with Crippen molar-refractivity contribution in [1.82, 2.24) is 0 Å². The number of furan rings is 1. The summed E-state index contributed by atoms with van der Waals surface area (Å²) < 4.78 is 19.0. The lowest BCUT2D eigenvalue weighted by atomic mass is 10.0. The monoisotopic (exact) mass is 317 g/mol. The summed E-state index contributed by atoms with van der Waals surface area (Å²) in [4.78, 5) is 0. The van der Waals surface area contributed by atoms with Crippen molar-refractivity contribution in [2.24, 2.45) is 5.73 Å². The fraction of sp³-hybridized carbons (Fsp3) is 0.167. The van der Waals surface area contributed by atoms with Crippen molar-refractivity contribution in [1.29, 1.82) is 0 Å². The maximum absolute atomic E-state index is 13.1. The van der Waals surface area contributed by atoms with Crippen molar-refractivity contribution in [3.63, 3.8) is 0 Å². The zero-order valence-corrected chi connectivity index (χ0v) is 11.1. The first-order chi connectivity index (χ1) is 8.06. The van der Waals surface area contributed by atoms with E-state index in [1.165, 1.54) is 18.2 Å². The van der Waals surface area contributed by atoms with Crippen molar-refractivity contribution in [3.05, 3.63) is 57.2 Å². The Kier molecular flexibility index (Phi) is 3.86. The first-order valence-corrected chi connectivity index (χ1v) is 6.18. The molecule has 0 aliphatic rings. The van der Waals surface area contributed by atoms with Gasteiger partial charge in [0.15, 0.2) is 4.67 Å². The molecule has 1 aromatic heterocycles. The van der Waals surface area contributed by atoms with Gasteiger partial charge in [-0.1, -0.05) is 11.6 Å². The second kappa shape index (κ2) is 5.21. The maximum atomic E-state index is 13.1. The second-order valence-electron chi connectivity index (χ2n) is 3.69. The van der Waals surface area contributed by atoms with Crippen LogP contribution in [-0.4, -0.2) is 0 Å². The lowest BCUT2D eigenvalue weighted by Crippen LogP contribution is -2.12. The molecular formula is C12H10BrClFNO. The number of nitrogens with two attached hydrogens (primary N) is 1. The SMILES string of the molecule is NC(Cc1cc(F)ccc1Cl)c1ccc(Br)o1. The Labute approximate surface area is 112 Å². The minimum atomic E-state index is -0.347. The summed E-state index contributed by atoms with van der Waals surface area (Å²) in [6.07, 6.45) is 0.427. The van der Waals surface area contributed by atoms with E-state index < -0.39 is 0 Å². The third-order valence-corrected chi connectivity index (χ3v) is 3.20. The van der Waals surface area contributed by atoms with Gasteiger partial charge < -0.3 is 10.2 Å². The Morgan fingerprint density at radius 3 is 2.76 bits per heavy atom. The summed E-state index contributed by atoms with van der Waals surface area (Å²) in [5, 5.41) is 0.507. The normalized spacial score (nSPS) is 12.7. The van der Waals surface area contributed by atoms with Gasteiger partial charge in [0.1, 0.15) is 11.6 Å². The van der Waals surface area contributed by atoms with Crippen LogP contribution in [-0.2, 0) is 6.42 Å². The van der Waals surface area contributed by atoms with Crippen LogP contribution in [0.5, 0.6) is 0 Å². The minimum Gasteiger partial charge on any atom is -0.453 e. The molecule has 0 aliphatic carbocycles. The molecule has 5 heteroatoms. The molecule has 90 valence electrons. The highest BCUT2D eigenvalue weighted by molar-refractivity contribution is 9.10. The van der Waals surface area contributed by atoms with Crippen molar-refractivity contribution in [3.8, 4) is 0 Å². The summed E-state index contributed by atoms with van der Waals surface area (Å²) >= 11 is 9.17. The average molecular weight is 319 g/mol. The molecule has 2 nitrogen and oxygen atoms in total. The van der Waals surface area contributed by atoms with E-state index in [1.807, 2.05) is 0 Å². The van der Waals surface area contributed by atoms with Crippen LogP contribution in [0.25, 0.3) is 0 Å². The molecule has 0 fully saturated rings. The first-order valence-electron chi connectivity index (χ1n) is 5.01. The molecule has 0 aliphatic heterocycles. The predicted octanol–water partition coefficient (Wildman–Crippen LogP) is 4.08. The van der Waals surface area contributed by atoms with Gasteiger partial charge in [0, 0.05) is 5.02 Å². The van der Waals surface area contributed by atoms with Gasteiger partial charge in [0.05, 0.1) is 6.04 Å². The zero-order valence-electron chi connectivity index (χ0n) is 8.79. The maximum Gasteiger partial charge on any atom is 0.169 e. The van der Waals surface area contributed by atoms with Gasteiger partial charge in [-0.2, -0.15) is 0 Å². The van der Waals surface area contributed by atoms with Gasteiger partial charge in [-0.05, 0) is 58.2 Å². The quantitative estimate of drug-likeness (QED) is 0.926. The van der Waals surface area contributed by atoms with Gasteiger partial charge in [-0.3, -0.25) is 0 Å². The van der Waals surface area contributed by atoms with E-state index in [1.54, 1.807) is 12.1 Å². The lowest BCUT2D eigenvalue weighted by Gasteiger charge is -2.10. The van der Waals surface area contributed by atoms with Crippen LogP contribution in [0, 0.1) is 5.82 Å². The Hall–Kier alpha value is -0.840. The standard InChI is InChI=1S/C12H10BrClFNO/c13-12-4-3-11(17-12)10(16)6-7-5-8(15)1-2-9(7)14/h1-5,10H,6,16H2. The van der Waals surface area contributed by atoms with Crippen LogP contribution in [0.15, 0.2) is 39.4 Å². The molecule has 0 bridgehead atoms. The molecule has 0 radical (unpaired) electrons. The molecule has 0 saturated carbocycles. The number of benzene rings is 1. The van der Waals surface area contributed by atoms with Crippen LogP contribution < -0.4 is 5.73 Å². The van der Waals surface area contributed by atoms with E-state index in [9.17, 15) is 4.39 Å². The number of rotatable bonds is 3. The zero-order chi connectivity index (χ0) is 12.4. The molecule has 17 heavy (non-hydrogen) atoms. The van der Waals surface area contributed by atoms with Crippen LogP contribution in [0.3, 0.4) is 0 Å². The smallest absolute Gasteiger partial charge is 0.169 e. The summed E-state index contributed by atoms with van der Waals surface area (Å²) in [5.41, 5.74) is 6.64. The number of hydrogen-bond donors (Lipinski definition) is 1. The highest BCUT2D eigenvalue weighted by Crippen LogP contribution is 2.25. The average Bonchev–Trinajstić information content (AvgIpc) is 2.70. The Balaban J connectivity index is 2.18. The molecule has 0 spiro atoms. The number of hydrogen-bond acceptors (Lipinski definition) is 2. The Morgan fingerprint density at radius 1 is 1.35 bits per heavy atom. The van der Waals surface area contributed by atoms with E-state index in [-0.39, 0.29) is 11.9 Å². The molecule has 2 aromatic rings. The van der Waals surface area contributed by atoms with Crippen LogP contribution in [0.4, 0.5) is 4.39 Å². The van der Waals surface area contributed by atoms with Crippen molar-refractivity contribution in [2.45, 2.75) is 12.5 Å². The van der Waals surface area contributed by atoms with Crippen molar-refractivity contribution in [2.75, 3.05) is 0 Å². The fourth-order valence-electron chi connectivity index (χ4n) is 1.56. The molecular weight excluding hydrogens is 308 g/mol. The largest absolute Gasteiger partial charge is 0.453 e. The Morgan fingerprint density at radius 2 is 2.12 bits per heavy atom. The van der Waals surface area contributed by atoms with Crippen molar-refractivity contribution >= 4 is 27.5 Å². The molecule has 1 aromatic carbocycles. The highest BCUT2D eigenvalue weighted by atomic mass is 79.9. The lowest BCUT2D eigenvalue weighted by molar-refractivity contribution is 0.447. The van der Waals surface area contributed by atoms with Gasteiger partial charge in [-0.15, -0.1) is 0 Å². The second-order valence-corrected chi connectivity index (χ2v) is 4.88. The summed E-state index contributed by atoms with van der Waals surface area (Å²) in [6, 6.07) is 7.43. The highest BCUT2D eigenvalue weighted by Gasteiger charge is 2.13. The summed E-state index contributed by atoms with van der Waals surface area (Å²) in [7, 11) is 0. The van der Waals surface area contributed by atoms with Gasteiger partial charge in [-0.25, -0.2) is 4.39 Å². The van der Waals surface area contributed by atoms with Gasteiger partial charge in [0.2, 0.25) is 0 Å². The summed E-state index contributed by atoms with van der Waals surface area (Å²) in [6.45, 7) is 0. The molecule has 0 amide bonds. The van der Waals surface area contributed by atoms with E-state index in [0.717, 1.165) is 0 Å². The first kappa shape index (κ1) is 12.6. The molecule has 2 N–H and O–H groups in total. The molecule has 1 unspecified atom stereocenters. The van der Waals surface area contributed by atoms with Gasteiger partial charge in [0.25, 0.3) is 0 Å². The van der Waals surface area contributed by atoms with E-state index in [2.05, 4.69) is 15.9 Å². The molecule has 1 heterocycles. The van der Waals surface area contributed by atoms with Crippen LogP contribution >= 0.6 is 27.5 Å². The predicted molar refractivity (Wildman–Crippen MR) is 68.5 cm³/mol. The van der Waals surface area contributed by atoms with Crippen LogP contribution in [0.2, 0.25) is 5.02 Å². The van der Waals surface area contributed by atoms with Crippen LogP contribution in [0.1, 0.15) is 17.4 Å². The summed E-state index contributed by atoms with van der Waals surface area (Å²) in [5.74, 6) is 0.314. The molecule has 0 saturated heterocycles. The Bertz CT molecular complexity index is 529. The van der Waals surface area contributed by atoms with E-state index in [4.69, 9.17) is 21.8 Å². The van der Waals surface area contributed by atoms with E-state index >= 15 is 0 Å². The van der Waals surface area contributed by atoms with E-state index in [0.29, 0.717) is 27.4 Å². The third kappa shape index (κ3) is 3.09. The fourth-order valence-corrected chi connectivity index (χ4v) is 2.08. The van der Waals surface area contributed by atoms with Crippen molar-refractivity contribution < 1.29 is 8.81 Å². The van der Waals surface area contributed by atoms with Gasteiger partial charge >= 0.3 is 0 Å².